The molecule has 1 N–H and O–H groups in total. The molecule has 0 fully saturated rings. The lowest BCUT2D eigenvalue weighted by molar-refractivity contribution is 0.476. The zero-order valence-corrected chi connectivity index (χ0v) is 16.3. The van der Waals surface area contributed by atoms with Gasteiger partial charge in [0.25, 0.3) is 0 Å². The van der Waals surface area contributed by atoms with Crippen LogP contribution in [0.1, 0.15) is 47.3 Å². The van der Waals surface area contributed by atoms with Crippen LogP contribution in [0.5, 0.6) is 0 Å². The van der Waals surface area contributed by atoms with Gasteiger partial charge in [0.15, 0.2) is 0 Å². The van der Waals surface area contributed by atoms with Crippen LogP contribution in [0.2, 0.25) is 0 Å². The molecule has 1 aliphatic heterocycles. The Morgan fingerprint density at radius 2 is 2.22 bits per heavy atom. The number of fused-ring (bicyclic) bond motifs is 2. The minimum atomic E-state index is -0.174. The lowest BCUT2D eigenvalue weighted by atomic mass is 10.0. The van der Waals surface area contributed by atoms with Crippen molar-refractivity contribution in [2.75, 3.05) is 11.4 Å². The molecule has 3 atom stereocenters. The SMILES string of the molecule is Cc1nnc(N2CCc3[nH]cnc3[C@H]2c2cc3cccc(C(C)P)n3n2)o1. The van der Waals surface area contributed by atoms with Gasteiger partial charge in [0.1, 0.15) is 6.04 Å². The van der Waals surface area contributed by atoms with Crippen molar-refractivity contribution in [3.05, 3.63) is 59.3 Å². The largest absolute Gasteiger partial charge is 0.408 e. The van der Waals surface area contributed by atoms with Crippen LogP contribution in [0, 0.1) is 6.92 Å². The number of pyridine rings is 1. The zero-order chi connectivity index (χ0) is 18.5. The number of nitrogens with one attached hydrogen (secondary N) is 1. The van der Waals surface area contributed by atoms with E-state index in [9.17, 15) is 0 Å². The summed E-state index contributed by atoms with van der Waals surface area (Å²) in [4.78, 5) is 9.93. The number of aromatic amines is 1. The Bertz CT molecular complexity index is 1110. The first-order valence-electron chi connectivity index (χ1n) is 8.95. The standard InChI is InChI=1S/C18H20N7OP/c1-10(27)15-5-3-4-12-8-14(23-25(12)15)17-16-13(19-9-20-16)6-7-24(17)18-22-21-11(2)26-18/h3-5,8-10,17H,6-7,27H2,1-2H3,(H,19,20)/t10?,17-/m1/s1. The van der Waals surface area contributed by atoms with E-state index in [1.807, 2.05) is 4.52 Å². The molecule has 5 rings (SSSR count). The number of hydrogen-bond donors (Lipinski definition) is 1. The van der Waals surface area contributed by atoms with Gasteiger partial charge in [-0.15, -0.1) is 14.3 Å². The molecular weight excluding hydrogens is 361 g/mol. The fraction of sp³-hybridized carbons (Fsp3) is 0.333. The summed E-state index contributed by atoms with van der Waals surface area (Å²) in [7, 11) is 2.84. The number of aryl methyl sites for hydroxylation is 1. The van der Waals surface area contributed by atoms with Crippen LogP contribution in [0.15, 0.2) is 35.0 Å². The summed E-state index contributed by atoms with van der Waals surface area (Å²) in [5.74, 6) is 0.547. The zero-order valence-electron chi connectivity index (χ0n) is 15.1. The molecule has 138 valence electrons. The number of imidazole rings is 1. The summed E-state index contributed by atoms with van der Waals surface area (Å²) in [6.07, 6.45) is 2.58. The highest BCUT2D eigenvalue weighted by Gasteiger charge is 2.35. The van der Waals surface area contributed by atoms with Crippen molar-refractivity contribution in [1.29, 1.82) is 0 Å². The monoisotopic (exact) mass is 381 g/mol. The van der Waals surface area contributed by atoms with Crippen LogP contribution in [0.25, 0.3) is 5.52 Å². The highest BCUT2D eigenvalue weighted by molar-refractivity contribution is 7.17. The highest BCUT2D eigenvalue weighted by atomic mass is 31.0. The van der Waals surface area contributed by atoms with Gasteiger partial charge in [-0.2, -0.15) is 5.10 Å². The normalized spacial score (nSPS) is 18.0. The number of hydrogen-bond acceptors (Lipinski definition) is 6. The Balaban J connectivity index is 1.68. The molecule has 4 aromatic rings. The maximum Gasteiger partial charge on any atom is 0.319 e. The predicted octanol–water partition coefficient (Wildman–Crippen LogP) is 2.84. The molecule has 4 aromatic heterocycles. The van der Waals surface area contributed by atoms with E-state index >= 15 is 0 Å². The van der Waals surface area contributed by atoms with Crippen LogP contribution in [0.4, 0.5) is 6.01 Å². The van der Waals surface area contributed by atoms with Gasteiger partial charge in [0.2, 0.25) is 5.89 Å². The summed E-state index contributed by atoms with van der Waals surface area (Å²) >= 11 is 0. The van der Waals surface area contributed by atoms with E-state index in [1.54, 1.807) is 13.3 Å². The molecular formula is C18H20N7OP. The molecule has 0 aliphatic carbocycles. The molecule has 1 aliphatic rings. The van der Waals surface area contributed by atoms with Crippen molar-refractivity contribution in [1.82, 2.24) is 29.8 Å². The van der Waals surface area contributed by atoms with Crippen molar-refractivity contribution in [3.8, 4) is 0 Å². The van der Waals surface area contributed by atoms with E-state index in [1.165, 1.54) is 0 Å². The highest BCUT2D eigenvalue weighted by Crippen LogP contribution is 2.36. The average molecular weight is 381 g/mol. The van der Waals surface area contributed by atoms with E-state index in [-0.39, 0.29) is 6.04 Å². The maximum atomic E-state index is 5.73. The molecule has 9 heteroatoms. The molecule has 0 bridgehead atoms. The van der Waals surface area contributed by atoms with E-state index in [4.69, 9.17) is 9.52 Å². The van der Waals surface area contributed by atoms with Crippen LogP contribution < -0.4 is 4.90 Å². The van der Waals surface area contributed by atoms with Gasteiger partial charge in [-0.1, -0.05) is 18.1 Å². The third-order valence-electron chi connectivity index (χ3n) is 4.97. The second-order valence-electron chi connectivity index (χ2n) is 6.86. The Kier molecular flexibility index (Phi) is 3.75. The van der Waals surface area contributed by atoms with Crippen LogP contribution in [0.3, 0.4) is 0 Å². The third-order valence-corrected chi connectivity index (χ3v) is 5.31. The Labute approximate surface area is 158 Å². The molecule has 0 spiro atoms. The first-order chi connectivity index (χ1) is 13.1. The van der Waals surface area contributed by atoms with Crippen molar-refractivity contribution in [2.45, 2.75) is 32.0 Å². The summed E-state index contributed by atoms with van der Waals surface area (Å²) in [5.41, 5.74) is 5.49. The van der Waals surface area contributed by atoms with Gasteiger partial charge in [0.05, 0.1) is 23.2 Å². The number of anilines is 1. The van der Waals surface area contributed by atoms with Gasteiger partial charge in [-0.05, 0) is 18.2 Å². The van der Waals surface area contributed by atoms with Crippen LogP contribution >= 0.6 is 9.24 Å². The third kappa shape index (κ3) is 2.63. The summed E-state index contributed by atoms with van der Waals surface area (Å²) < 4.78 is 7.74. The topological polar surface area (TPSA) is 88.1 Å². The second-order valence-corrected chi connectivity index (χ2v) is 7.86. The summed E-state index contributed by atoms with van der Waals surface area (Å²) in [5, 5.41) is 13.2. The minimum absolute atomic E-state index is 0.174. The number of H-pyrrole nitrogens is 1. The Morgan fingerprint density at radius 1 is 1.33 bits per heavy atom. The molecule has 0 amide bonds. The Hall–Kier alpha value is -2.73. The fourth-order valence-electron chi connectivity index (χ4n) is 3.72. The number of rotatable bonds is 3. The molecule has 0 saturated heterocycles. The van der Waals surface area contributed by atoms with E-state index in [2.05, 4.69) is 65.5 Å². The first-order valence-corrected chi connectivity index (χ1v) is 9.61. The Morgan fingerprint density at radius 3 is 3.00 bits per heavy atom. The predicted molar refractivity (Wildman–Crippen MR) is 104 cm³/mol. The van der Waals surface area contributed by atoms with Crippen molar-refractivity contribution >= 4 is 20.8 Å². The summed E-state index contributed by atoms with van der Waals surface area (Å²) in [6, 6.07) is 8.68. The van der Waals surface area contributed by atoms with Crippen molar-refractivity contribution in [3.63, 3.8) is 0 Å². The lowest BCUT2D eigenvalue weighted by Gasteiger charge is -2.32. The molecule has 0 radical (unpaired) electrons. The van der Waals surface area contributed by atoms with E-state index < -0.39 is 0 Å². The molecule has 5 heterocycles. The van der Waals surface area contributed by atoms with Crippen molar-refractivity contribution in [2.24, 2.45) is 0 Å². The van der Waals surface area contributed by atoms with Gasteiger partial charge in [0, 0.05) is 36.9 Å². The van der Waals surface area contributed by atoms with E-state index in [0.717, 1.165) is 41.3 Å². The van der Waals surface area contributed by atoms with Gasteiger partial charge in [-0.3, -0.25) is 0 Å². The van der Waals surface area contributed by atoms with Crippen LogP contribution in [-0.4, -0.2) is 36.3 Å². The summed E-state index contributed by atoms with van der Waals surface area (Å²) in [6.45, 7) is 4.69. The average Bonchev–Trinajstić information content (AvgIpc) is 3.38. The molecule has 0 aromatic carbocycles. The number of nitrogens with zero attached hydrogens (tertiary/aromatic N) is 6. The smallest absolute Gasteiger partial charge is 0.319 e. The van der Waals surface area contributed by atoms with E-state index in [0.29, 0.717) is 17.6 Å². The fourth-order valence-corrected chi connectivity index (χ4v) is 3.97. The second kappa shape index (κ2) is 6.16. The van der Waals surface area contributed by atoms with Crippen LogP contribution in [-0.2, 0) is 6.42 Å². The first kappa shape index (κ1) is 16.4. The molecule has 0 saturated carbocycles. The van der Waals surface area contributed by atoms with Gasteiger partial charge in [-0.25, -0.2) is 9.50 Å². The maximum absolute atomic E-state index is 5.73. The van der Waals surface area contributed by atoms with Gasteiger partial charge >= 0.3 is 6.01 Å². The molecule has 2 unspecified atom stereocenters. The van der Waals surface area contributed by atoms with Gasteiger partial charge < -0.3 is 14.3 Å². The minimum Gasteiger partial charge on any atom is -0.408 e. The lowest BCUT2D eigenvalue weighted by Crippen LogP contribution is -2.37. The molecule has 8 nitrogen and oxygen atoms in total. The van der Waals surface area contributed by atoms with Crippen molar-refractivity contribution < 1.29 is 4.42 Å². The molecule has 27 heavy (non-hydrogen) atoms. The quantitative estimate of drug-likeness (QED) is 0.549. The number of aromatic nitrogens is 6.